The molecule has 0 bridgehead atoms. The summed E-state index contributed by atoms with van der Waals surface area (Å²) in [7, 11) is 0. The molecule has 0 rings (SSSR count). The zero-order chi connectivity index (χ0) is 9.56. The summed E-state index contributed by atoms with van der Waals surface area (Å²) in [5, 5.41) is 9.30. The largest absolute Gasteiger partial charge is 0.370 e. The van der Waals surface area contributed by atoms with E-state index in [0.29, 0.717) is 0 Å². The maximum Gasteiger partial charge on any atom is 0.195 e. The number of rotatable bonds is 3. The van der Waals surface area contributed by atoms with Crippen LogP contribution < -0.4 is 16.8 Å². The standard InChI is InChI=1S/C7H17N5.ClH/c1-3-4-5(2)11-7(10)12-6(8)9;/h5H,3-4H2,1-2H3,(H6,8,9,10,11,12);1H. The molecule has 6 heteroatoms. The first-order valence-corrected chi connectivity index (χ1v) is 4.00. The summed E-state index contributed by atoms with van der Waals surface area (Å²) in [5.74, 6) is 0.0309. The van der Waals surface area contributed by atoms with Crippen molar-refractivity contribution in [2.45, 2.75) is 32.7 Å². The van der Waals surface area contributed by atoms with E-state index < -0.39 is 0 Å². The van der Waals surface area contributed by atoms with Gasteiger partial charge in [0.25, 0.3) is 0 Å². The number of guanidine groups is 2. The van der Waals surface area contributed by atoms with E-state index in [2.05, 4.69) is 17.2 Å². The highest BCUT2D eigenvalue weighted by Crippen LogP contribution is 1.98. The van der Waals surface area contributed by atoms with Crippen LogP contribution in [0.3, 0.4) is 0 Å². The Labute approximate surface area is 84.9 Å². The second-order valence-electron chi connectivity index (χ2n) is 2.69. The van der Waals surface area contributed by atoms with E-state index in [1.54, 1.807) is 0 Å². The third-order valence-electron chi connectivity index (χ3n) is 1.33. The van der Waals surface area contributed by atoms with Crippen LogP contribution in [-0.2, 0) is 0 Å². The predicted octanol–water partition coefficient (Wildman–Crippen LogP) is 0.395. The average Bonchev–Trinajstić information content (AvgIpc) is 1.84. The molecule has 0 radical (unpaired) electrons. The van der Waals surface area contributed by atoms with Gasteiger partial charge in [0.05, 0.1) is 6.04 Å². The van der Waals surface area contributed by atoms with Crippen molar-refractivity contribution in [1.82, 2.24) is 5.32 Å². The van der Waals surface area contributed by atoms with Crippen LogP contribution in [0.4, 0.5) is 0 Å². The van der Waals surface area contributed by atoms with Gasteiger partial charge in [-0.3, -0.25) is 15.7 Å². The Morgan fingerprint density at radius 3 is 2.46 bits per heavy atom. The first-order chi connectivity index (χ1) is 5.56. The van der Waals surface area contributed by atoms with E-state index in [4.69, 9.17) is 16.9 Å². The lowest BCUT2D eigenvalue weighted by atomic mass is 10.2. The minimum atomic E-state index is -0.181. The van der Waals surface area contributed by atoms with Gasteiger partial charge in [-0.05, 0) is 13.3 Å². The van der Waals surface area contributed by atoms with E-state index in [1.165, 1.54) is 0 Å². The summed E-state index contributed by atoms with van der Waals surface area (Å²) in [6.07, 6.45) is 2.05. The molecule has 13 heavy (non-hydrogen) atoms. The molecule has 0 aromatic carbocycles. The lowest BCUT2D eigenvalue weighted by Crippen LogP contribution is -2.41. The number of hydrogen-bond acceptors (Lipinski definition) is 2. The van der Waals surface area contributed by atoms with E-state index in [1.807, 2.05) is 6.92 Å². The van der Waals surface area contributed by atoms with Crippen LogP contribution in [0, 0.1) is 5.41 Å². The van der Waals surface area contributed by atoms with Gasteiger partial charge in [0.1, 0.15) is 0 Å². The molecule has 0 heterocycles. The molecular formula is C7H18ClN5. The first-order valence-electron chi connectivity index (χ1n) is 4.00. The highest BCUT2D eigenvalue weighted by Gasteiger charge is 1.98. The Kier molecular flexibility index (Phi) is 8.58. The van der Waals surface area contributed by atoms with Crippen molar-refractivity contribution in [2.24, 2.45) is 16.5 Å². The zero-order valence-electron chi connectivity index (χ0n) is 8.00. The first kappa shape index (κ1) is 14.5. The van der Waals surface area contributed by atoms with E-state index in [9.17, 15) is 0 Å². The summed E-state index contributed by atoms with van der Waals surface area (Å²) in [6.45, 7) is 4.05. The van der Waals surface area contributed by atoms with Crippen LogP contribution in [-0.4, -0.2) is 18.0 Å². The quantitative estimate of drug-likeness (QED) is 0.398. The third-order valence-corrected chi connectivity index (χ3v) is 1.33. The monoisotopic (exact) mass is 207 g/mol. The minimum Gasteiger partial charge on any atom is -0.370 e. The maximum atomic E-state index is 6.88. The number of nitrogens with two attached hydrogens (primary N) is 2. The van der Waals surface area contributed by atoms with Gasteiger partial charge in [-0.2, -0.15) is 0 Å². The van der Waals surface area contributed by atoms with E-state index in [-0.39, 0.29) is 30.4 Å². The lowest BCUT2D eigenvalue weighted by molar-refractivity contribution is 0.652. The second-order valence-corrected chi connectivity index (χ2v) is 2.69. The lowest BCUT2D eigenvalue weighted by Gasteiger charge is -2.06. The molecule has 6 N–H and O–H groups in total. The minimum absolute atomic E-state index is 0. The van der Waals surface area contributed by atoms with Crippen LogP contribution in [0.25, 0.3) is 0 Å². The molecular weight excluding hydrogens is 190 g/mol. The molecule has 0 aliphatic carbocycles. The molecule has 0 amide bonds. The normalized spacial score (nSPS) is 12.9. The smallest absolute Gasteiger partial charge is 0.195 e. The van der Waals surface area contributed by atoms with Crippen LogP contribution in [0.2, 0.25) is 0 Å². The van der Waals surface area contributed by atoms with Gasteiger partial charge in [0.2, 0.25) is 0 Å². The van der Waals surface area contributed by atoms with Crippen molar-refractivity contribution in [3.05, 3.63) is 0 Å². The van der Waals surface area contributed by atoms with Gasteiger partial charge in [0, 0.05) is 0 Å². The number of nitrogens with one attached hydrogen (secondary N) is 2. The predicted molar refractivity (Wildman–Crippen MR) is 58.3 cm³/mol. The van der Waals surface area contributed by atoms with Gasteiger partial charge >= 0.3 is 0 Å². The summed E-state index contributed by atoms with van der Waals surface area (Å²) in [6, 6.07) is 0.182. The Morgan fingerprint density at radius 1 is 1.54 bits per heavy atom. The summed E-state index contributed by atoms with van der Waals surface area (Å²) in [5.41, 5.74) is 10.5. The topological polar surface area (TPSA) is 100 Å². The maximum absolute atomic E-state index is 6.88. The summed E-state index contributed by atoms with van der Waals surface area (Å²) < 4.78 is 0. The summed E-state index contributed by atoms with van der Waals surface area (Å²) in [4.78, 5) is 4.07. The van der Waals surface area contributed by atoms with E-state index in [0.717, 1.165) is 12.8 Å². The second kappa shape index (κ2) is 7.67. The Hall–Kier alpha value is -0.970. The van der Waals surface area contributed by atoms with Crippen LogP contribution in [0.1, 0.15) is 26.7 Å². The fraction of sp³-hybridized carbons (Fsp3) is 0.714. The molecule has 0 fully saturated rings. The molecule has 1 unspecified atom stereocenters. The van der Waals surface area contributed by atoms with Crippen LogP contribution >= 0.6 is 12.4 Å². The van der Waals surface area contributed by atoms with Crippen molar-refractivity contribution in [1.29, 1.82) is 5.41 Å². The van der Waals surface area contributed by atoms with Crippen molar-refractivity contribution in [2.75, 3.05) is 0 Å². The molecule has 0 aromatic rings. The fourth-order valence-corrected chi connectivity index (χ4v) is 0.890. The highest BCUT2D eigenvalue weighted by atomic mass is 35.5. The zero-order valence-corrected chi connectivity index (χ0v) is 8.82. The van der Waals surface area contributed by atoms with Crippen molar-refractivity contribution in [3.8, 4) is 0 Å². The molecule has 0 saturated carbocycles. The molecule has 0 aliphatic rings. The Morgan fingerprint density at radius 2 is 2.08 bits per heavy atom. The molecule has 0 aromatic heterocycles. The highest BCUT2D eigenvalue weighted by molar-refractivity contribution is 5.95. The molecule has 0 saturated heterocycles. The Balaban J connectivity index is 0. The van der Waals surface area contributed by atoms with Crippen LogP contribution in [0.15, 0.2) is 4.99 Å². The van der Waals surface area contributed by atoms with Gasteiger partial charge in [-0.25, -0.2) is 0 Å². The number of halogens is 1. The molecule has 0 aliphatic heterocycles. The molecule has 5 nitrogen and oxygen atoms in total. The SMILES string of the molecule is CCCC(C)N=C(N)NC(=N)N.Cl. The van der Waals surface area contributed by atoms with Crippen LogP contribution in [0.5, 0.6) is 0 Å². The third kappa shape index (κ3) is 8.94. The number of aliphatic imine (C=N–C) groups is 1. The number of nitrogens with zero attached hydrogens (tertiary/aromatic N) is 1. The van der Waals surface area contributed by atoms with Crippen molar-refractivity contribution < 1.29 is 0 Å². The van der Waals surface area contributed by atoms with Gasteiger partial charge in [-0.15, -0.1) is 12.4 Å². The molecule has 1 atom stereocenters. The molecule has 0 spiro atoms. The van der Waals surface area contributed by atoms with Gasteiger partial charge in [0.15, 0.2) is 11.9 Å². The fourth-order valence-electron chi connectivity index (χ4n) is 0.890. The number of hydrogen-bond donors (Lipinski definition) is 4. The Bertz CT molecular complexity index is 180. The van der Waals surface area contributed by atoms with E-state index >= 15 is 0 Å². The van der Waals surface area contributed by atoms with Crippen molar-refractivity contribution in [3.63, 3.8) is 0 Å². The van der Waals surface area contributed by atoms with Gasteiger partial charge < -0.3 is 11.5 Å². The van der Waals surface area contributed by atoms with Gasteiger partial charge in [-0.1, -0.05) is 13.3 Å². The van der Waals surface area contributed by atoms with Crippen molar-refractivity contribution >= 4 is 24.3 Å². The summed E-state index contributed by atoms with van der Waals surface area (Å²) >= 11 is 0. The molecule has 78 valence electrons. The average molecular weight is 208 g/mol.